The zero-order chi connectivity index (χ0) is 16.3. The van der Waals surface area contributed by atoms with Crippen molar-refractivity contribution < 1.29 is 13.6 Å². The first-order valence-electron chi connectivity index (χ1n) is 6.47. The first-order valence-corrected chi connectivity index (χ1v) is 6.47. The van der Waals surface area contributed by atoms with E-state index in [0.717, 1.165) is 6.20 Å². The highest BCUT2D eigenvalue weighted by atomic mass is 19.1. The zero-order valence-electron chi connectivity index (χ0n) is 11.9. The molecular formula is C13H13F2N5O2. The van der Waals surface area contributed by atoms with Crippen molar-refractivity contribution in [3.63, 3.8) is 0 Å². The standard InChI is InChI=1S/C13H13F2N5O2/c1-3-9(17-6(2)21)11-13(22)18-12(20-19-11)10-8(15)4-7(14)5-16-10/h4-5,9H,3H2,1-2H3,(H,17,21)(H,18,20,22). The lowest BCUT2D eigenvalue weighted by molar-refractivity contribution is -0.119. The Morgan fingerprint density at radius 3 is 2.68 bits per heavy atom. The van der Waals surface area contributed by atoms with Crippen LogP contribution in [0.2, 0.25) is 0 Å². The number of carbonyl (C=O) groups is 1. The molecule has 1 amide bonds. The summed E-state index contributed by atoms with van der Waals surface area (Å²) in [6.07, 6.45) is 1.23. The average molecular weight is 309 g/mol. The van der Waals surface area contributed by atoms with E-state index in [4.69, 9.17) is 0 Å². The Balaban J connectivity index is 2.41. The molecule has 2 aromatic rings. The van der Waals surface area contributed by atoms with Crippen LogP contribution in [0.4, 0.5) is 8.78 Å². The summed E-state index contributed by atoms with van der Waals surface area (Å²) < 4.78 is 26.4. The molecule has 1 atom stereocenters. The third-order valence-corrected chi connectivity index (χ3v) is 2.87. The third-order valence-electron chi connectivity index (χ3n) is 2.87. The molecule has 0 fully saturated rings. The van der Waals surface area contributed by atoms with Gasteiger partial charge in [0.2, 0.25) is 5.91 Å². The van der Waals surface area contributed by atoms with E-state index in [1.807, 2.05) is 0 Å². The summed E-state index contributed by atoms with van der Waals surface area (Å²) in [5, 5.41) is 9.99. The van der Waals surface area contributed by atoms with Crippen LogP contribution in [-0.2, 0) is 4.79 Å². The fourth-order valence-electron chi connectivity index (χ4n) is 1.88. The van der Waals surface area contributed by atoms with Crippen molar-refractivity contribution in [2.45, 2.75) is 26.3 Å². The number of pyridine rings is 1. The molecule has 9 heteroatoms. The Bertz CT molecular complexity index is 762. The molecule has 0 saturated carbocycles. The molecule has 0 aliphatic heterocycles. The number of aromatic amines is 1. The van der Waals surface area contributed by atoms with Gasteiger partial charge in [-0.05, 0) is 6.42 Å². The lowest BCUT2D eigenvalue weighted by atomic mass is 10.1. The monoisotopic (exact) mass is 309 g/mol. The normalized spacial score (nSPS) is 12.0. The summed E-state index contributed by atoms with van der Waals surface area (Å²) in [7, 11) is 0. The van der Waals surface area contributed by atoms with Gasteiger partial charge in [0.1, 0.15) is 11.5 Å². The SMILES string of the molecule is CCC(NC(C)=O)c1nnc(-c2ncc(F)cc2F)[nH]c1=O. The van der Waals surface area contributed by atoms with Crippen LogP contribution in [-0.4, -0.2) is 26.1 Å². The smallest absolute Gasteiger partial charge is 0.275 e. The number of carbonyl (C=O) groups excluding carboxylic acids is 1. The van der Waals surface area contributed by atoms with Crippen molar-refractivity contribution in [2.24, 2.45) is 0 Å². The van der Waals surface area contributed by atoms with Gasteiger partial charge >= 0.3 is 0 Å². The summed E-state index contributed by atoms with van der Waals surface area (Å²) in [4.78, 5) is 29.0. The number of nitrogens with one attached hydrogen (secondary N) is 2. The minimum Gasteiger partial charge on any atom is -0.348 e. The highest BCUT2D eigenvalue weighted by Crippen LogP contribution is 2.16. The molecule has 0 bridgehead atoms. The van der Waals surface area contributed by atoms with Crippen LogP contribution >= 0.6 is 0 Å². The maximum Gasteiger partial charge on any atom is 0.275 e. The van der Waals surface area contributed by atoms with E-state index in [2.05, 4.69) is 25.5 Å². The quantitative estimate of drug-likeness (QED) is 0.880. The van der Waals surface area contributed by atoms with Crippen LogP contribution in [0.1, 0.15) is 32.0 Å². The Morgan fingerprint density at radius 1 is 1.41 bits per heavy atom. The molecule has 2 rings (SSSR count). The van der Waals surface area contributed by atoms with Crippen LogP contribution in [0.15, 0.2) is 17.1 Å². The highest BCUT2D eigenvalue weighted by Gasteiger charge is 2.19. The number of nitrogens with zero attached hydrogens (tertiary/aromatic N) is 3. The van der Waals surface area contributed by atoms with Crippen molar-refractivity contribution in [3.8, 4) is 11.5 Å². The Labute approximate surface area is 123 Å². The zero-order valence-corrected chi connectivity index (χ0v) is 11.9. The lowest BCUT2D eigenvalue weighted by Gasteiger charge is -2.13. The van der Waals surface area contributed by atoms with E-state index in [1.165, 1.54) is 6.92 Å². The molecule has 2 heterocycles. The number of halogens is 2. The minimum absolute atomic E-state index is 0.00368. The molecule has 1 unspecified atom stereocenters. The number of rotatable bonds is 4. The molecule has 116 valence electrons. The Morgan fingerprint density at radius 2 is 2.14 bits per heavy atom. The molecule has 0 saturated heterocycles. The summed E-state index contributed by atoms with van der Waals surface area (Å²) in [6, 6.07) is 0.0244. The Kier molecular flexibility index (Phi) is 4.54. The average Bonchev–Trinajstić information content (AvgIpc) is 2.45. The third kappa shape index (κ3) is 3.30. The molecule has 0 radical (unpaired) electrons. The van der Waals surface area contributed by atoms with Crippen molar-refractivity contribution in [2.75, 3.05) is 0 Å². The second-order valence-electron chi connectivity index (χ2n) is 4.53. The van der Waals surface area contributed by atoms with Gasteiger partial charge in [-0.25, -0.2) is 13.8 Å². The fraction of sp³-hybridized carbons (Fsp3) is 0.308. The first kappa shape index (κ1) is 15.7. The van der Waals surface area contributed by atoms with Crippen molar-refractivity contribution in [1.82, 2.24) is 25.5 Å². The summed E-state index contributed by atoms with van der Waals surface area (Å²) in [5.74, 6) is -2.34. The van der Waals surface area contributed by atoms with Crippen LogP contribution < -0.4 is 10.9 Å². The number of hydrogen-bond acceptors (Lipinski definition) is 5. The van der Waals surface area contributed by atoms with E-state index in [-0.39, 0.29) is 23.1 Å². The molecule has 22 heavy (non-hydrogen) atoms. The summed E-state index contributed by atoms with van der Waals surface area (Å²) in [6.45, 7) is 3.08. The van der Waals surface area contributed by atoms with Gasteiger partial charge in [0, 0.05) is 13.0 Å². The van der Waals surface area contributed by atoms with Gasteiger partial charge in [-0.3, -0.25) is 9.59 Å². The predicted molar refractivity (Wildman–Crippen MR) is 72.6 cm³/mol. The number of aromatic nitrogens is 4. The molecule has 2 N–H and O–H groups in total. The van der Waals surface area contributed by atoms with E-state index < -0.39 is 23.2 Å². The van der Waals surface area contributed by atoms with Gasteiger partial charge in [0.05, 0.1) is 12.2 Å². The van der Waals surface area contributed by atoms with E-state index >= 15 is 0 Å². The van der Waals surface area contributed by atoms with Crippen molar-refractivity contribution in [3.05, 3.63) is 39.9 Å². The van der Waals surface area contributed by atoms with Gasteiger partial charge in [-0.2, -0.15) is 0 Å². The number of amides is 1. The van der Waals surface area contributed by atoms with E-state index in [1.54, 1.807) is 6.92 Å². The maximum atomic E-state index is 13.6. The van der Waals surface area contributed by atoms with Crippen LogP contribution in [0.5, 0.6) is 0 Å². The molecule has 0 aliphatic rings. The van der Waals surface area contributed by atoms with Crippen LogP contribution in [0.3, 0.4) is 0 Å². The molecule has 0 aromatic carbocycles. The topological polar surface area (TPSA) is 101 Å². The molecule has 0 aliphatic carbocycles. The van der Waals surface area contributed by atoms with Crippen LogP contribution in [0.25, 0.3) is 11.5 Å². The lowest BCUT2D eigenvalue weighted by Crippen LogP contribution is -2.32. The number of H-pyrrole nitrogens is 1. The minimum atomic E-state index is -0.966. The second kappa shape index (κ2) is 6.37. The fourth-order valence-corrected chi connectivity index (χ4v) is 1.88. The van der Waals surface area contributed by atoms with Gasteiger partial charge in [0.25, 0.3) is 5.56 Å². The summed E-state index contributed by atoms with van der Waals surface area (Å²) >= 11 is 0. The molecule has 7 nitrogen and oxygen atoms in total. The van der Waals surface area contributed by atoms with Crippen molar-refractivity contribution >= 4 is 5.91 Å². The van der Waals surface area contributed by atoms with Gasteiger partial charge < -0.3 is 10.3 Å². The van der Waals surface area contributed by atoms with Crippen molar-refractivity contribution in [1.29, 1.82) is 0 Å². The van der Waals surface area contributed by atoms with E-state index in [0.29, 0.717) is 12.5 Å². The largest absolute Gasteiger partial charge is 0.348 e. The predicted octanol–water partition coefficient (Wildman–Crippen LogP) is 1.09. The summed E-state index contributed by atoms with van der Waals surface area (Å²) in [5.41, 5.74) is -0.940. The first-order chi connectivity index (χ1) is 10.4. The number of hydrogen-bond donors (Lipinski definition) is 2. The Hall–Kier alpha value is -2.71. The molecule has 2 aromatic heterocycles. The van der Waals surface area contributed by atoms with Crippen LogP contribution in [0, 0.1) is 11.6 Å². The van der Waals surface area contributed by atoms with Gasteiger partial charge in [-0.1, -0.05) is 6.92 Å². The second-order valence-corrected chi connectivity index (χ2v) is 4.53. The highest BCUT2D eigenvalue weighted by molar-refractivity contribution is 5.73. The maximum absolute atomic E-state index is 13.6. The van der Waals surface area contributed by atoms with Gasteiger partial charge in [-0.15, -0.1) is 10.2 Å². The molecular weight excluding hydrogens is 296 g/mol. The van der Waals surface area contributed by atoms with Gasteiger partial charge in [0.15, 0.2) is 17.3 Å². The molecule has 0 spiro atoms. The van der Waals surface area contributed by atoms with E-state index in [9.17, 15) is 18.4 Å².